The summed E-state index contributed by atoms with van der Waals surface area (Å²) in [4.78, 5) is 36.1. The van der Waals surface area contributed by atoms with Gasteiger partial charge in [0.1, 0.15) is 5.75 Å². The Morgan fingerprint density at radius 3 is 2.22 bits per heavy atom. The van der Waals surface area contributed by atoms with Crippen LogP contribution in [0.3, 0.4) is 0 Å². The van der Waals surface area contributed by atoms with Gasteiger partial charge >= 0.3 is 12.0 Å². The quantitative estimate of drug-likeness (QED) is 0.697. The molecule has 0 unspecified atom stereocenters. The predicted octanol–water partition coefficient (Wildman–Crippen LogP) is 2.59. The van der Waals surface area contributed by atoms with Gasteiger partial charge in [-0.05, 0) is 19.1 Å². The molecule has 0 aliphatic heterocycles. The molecule has 1 atom stereocenters. The Bertz CT molecular complexity index is 749. The number of hydrogen-bond acceptors (Lipinski definition) is 5. The first-order chi connectivity index (χ1) is 13.1. The van der Waals surface area contributed by atoms with E-state index in [2.05, 4.69) is 10.6 Å². The minimum Gasteiger partial charge on any atom is -0.493 e. The largest absolute Gasteiger partial charge is 0.493 e. The number of carbonyl (C=O) groups is 3. The lowest BCUT2D eigenvalue weighted by Crippen LogP contribution is -2.42. The predicted molar refractivity (Wildman–Crippen MR) is 99.0 cm³/mol. The number of ether oxygens (including phenoxy) is 2. The third-order valence-corrected chi connectivity index (χ3v) is 3.48. The molecule has 2 aromatic carbocycles. The molecule has 0 bridgehead atoms. The summed E-state index contributed by atoms with van der Waals surface area (Å²) in [6, 6.07) is 16.9. The fourth-order valence-electron chi connectivity index (χ4n) is 2.24. The van der Waals surface area contributed by atoms with Crippen molar-refractivity contribution in [3.05, 3.63) is 66.2 Å². The zero-order valence-electron chi connectivity index (χ0n) is 15.0. The van der Waals surface area contributed by atoms with Crippen LogP contribution in [0.15, 0.2) is 60.7 Å². The molecule has 0 saturated heterocycles. The van der Waals surface area contributed by atoms with E-state index in [1.54, 1.807) is 49.4 Å². The standard InChI is InChI=1S/C20H22N2O5/c1-2-21-20(25)22-19(24)18(15-9-5-3-6-10-15)27-17(23)13-14-26-16-11-7-4-8-12-16/h3-12,18H,2,13-14H2,1H3,(H2,21,22,24,25)/t18-/m1/s1. The Morgan fingerprint density at radius 2 is 1.59 bits per heavy atom. The lowest BCUT2D eigenvalue weighted by Gasteiger charge is -2.17. The van der Waals surface area contributed by atoms with Gasteiger partial charge in [0.15, 0.2) is 0 Å². The van der Waals surface area contributed by atoms with Crippen LogP contribution in [-0.4, -0.2) is 31.1 Å². The number of rotatable bonds is 8. The molecule has 2 rings (SSSR count). The van der Waals surface area contributed by atoms with E-state index in [1.165, 1.54) is 0 Å². The van der Waals surface area contributed by atoms with Crippen LogP contribution < -0.4 is 15.4 Å². The molecule has 0 spiro atoms. The van der Waals surface area contributed by atoms with Gasteiger partial charge in [-0.2, -0.15) is 0 Å². The number of nitrogens with one attached hydrogen (secondary N) is 2. The third-order valence-electron chi connectivity index (χ3n) is 3.48. The summed E-state index contributed by atoms with van der Waals surface area (Å²) in [5.41, 5.74) is 0.469. The Labute approximate surface area is 157 Å². The highest BCUT2D eigenvalue weighted by molar-refractivity contribution is 5.97. The van der Waals surface area contributed by atoms with Crippen molar-refractivity contribution >= 4 is 17.9 Å². The van der Waals surface area contributed by atoms with Gasteiger partial charge in [-0.15, -0.1) is 0 Å². The molecule has 2 N–H and O–H groups in total. The van der Waals surface area contributed by atoms with Crippen molar-refractivity contribution in [2.24, 2.45) is 0 Å². The number of imide groups is 1. The summed E-state index contributed by atoms with van der Waals surface area (Å²) in [6.07, 6.45) is -1.26. The van der Waals surface area contributed by atoms with Crippen LogP contribution in [0.2, 0.25) is 0 Å². The molecule has 0 radical (unpaired) electrons. The highest BCUT2D eigenvalue weighted by atomic mass is 16.6. The Balaban J connectivity index is 1.95. The van der Waals surface area contributed by atoms with Crippen molar-refractivity contribution in [3.63, 3.8) is 0 Å². The number of para-hydroxylation sites is 1. The lowest BCUT2D eigenvalue weighted by molar-refractivity contribution is -0.156. The smallest absolute Gasteiger partial charge is 0.321 e. The molecule has 7 nitrogen and oxygen atoms in total. The molecular formula is C20H22N2O5. The highest BCUT2D eigenvalue weighted by Crippen LogP contribution is 2.18. The van der Waals surface area contributed by atoms with Crippen LogP contribution in [0.25, 0.3) is 0 Å². The second-order valence-corrected chi connectivity index (χ2v) is 5.54. The third kappa shape index (κ3) is 6.81. The van der Waals surface area contributed by atoms with E-state index in [9.17, 15) is 14.4 Å². The zero-order chi connectivity index (χ0) is 19.5. The molecule has 7 heteroatoms. The summed E-state index contributed by atoms with van der Waals surface area (Å²) in [7, 11) is 0. The zero-order valence-corrected chi connectivity index (χ0v) is 15.0. The molecular weight excluding hydrogens is 348 g/mol. The molecule has 0 aliphatic carbocycles. The van der Waals surface area contributed by atoms with Gasteiger partial charge in [-0.25, -0.2) is 4.79 Å². The van der Waals surface area contributed by atoms with Crippen LogP contribution in [0.1, 0.15) is 25.0 Å². The summed E-state index contributed by atoms with van der Waals surface area (Å²) in [5.74, 6) is -0.686. The maximum absolute atomic E-state index is 12.4. The summed E-state index contributed by atoms with van der Waals surface area (Å²) in [5, 5.41) is 4.63. The van der Waals surface area contributed by atoms with Crippen molar-refractivity contribution in [3.8, 4) is 5.75 Å². The van der Waals surface area contributed by atoms with Gasteiger partial charge in [0.05, 0.1) is 13.0 Å². The first-order valence-corrected chi connectivity index (χ1v) is 8.61. The van der Waals surface area contributed by atoms with E-state index in [0.29, 0.717) is 17.9 Å². The van der Waals surface area contributed by atoms with Gasteiger partial charge in [0.2, 0.25) is 6.10 Å². The second-order valence-electron chi connectivity index (χ2n) is 5.54. The van der Waals surface area contributed by atoms with Crippen LogP contribution in [0, 0.1) is 0 Å². The SMILES string of the molecule is CCNC(=O)NC(=O)[C@H](OC(=O)CCOc1ccccc1)c1ccccc1. The van der Waals surface area contributed by atoms with Crippen molar-refractivity contribution in [2.75, 3.05) is 13.2 Å². The average Bonchev–Trinajstić information content (AvgIpc) is 2.67. The van der Waals surface area contributed by atoms with E-state index in [0.717, 1.165) is 0 Å². The molecule has 0 aliphatic rings. The normalized spacial score (nSPS) is 11.1. The van der Waals surface area contributed by atoms with Crippen molar-refractivity contribution in [2.45, 2.75) is 19.4 Å². The summed E-state index contributed by atoms with van der Waals surface area (Å²) in [6.45, 7) is 2.21. The fourth-order valence-corrected chi connectivity index (χ4v) is 2.24. The molecule has 0 aromatic heterocycles. The van der Waals surface area contributed by atoms with Gasteiger partial charge in [-0.3, -0.25) is 14.9 Å². The molecule has 2 aromatic rings. The van der Waals surface area contributed by atoms with Gasteiger partial charge < -0.3 is 14.8 Å². The molecule has 142 valence electrons. The lowest BCUT2D eigenvalue weighted by atomic mass is 10.1. The van der Waals surface area contributed by atoms with Gasteiger partial charge in [0.25, 0.3) is 5.91 Å². The number of amides is 3. The van der Waals surface area contributed by atoms with Gasteiger partial charge in [0, 0.05) is 12.1 Å². The maximum Gasteiger partial charge on any atom is 0.321 e. The molecule has 0 heterocycles. The number of carbonyl (C=O) groups excluding carboxylic acids is 3. The fraction of sp³-hybridized carbons (Fsp3) is 0.250. The molecule has 0 saturated carbocycles. The Morgan fingerprint density at radius 1 is 0.963 bits per heavy atom. The van der Waals surface area contributed by atoms with Crippen molar-refractivity contribution in [1.82, 2.24) is 10.6 Å². The van der Waals surface area contributed by atoms with Crippen LogP contribution in [-0.2, 0) is 14.3 Å². The second kappa shape index (κ2) is 10.6. The number of hydrogen-bond donors (Lipinski definition) is 2. The number of benzene rings is 2. The first kappa shape index (κ1) is 20.0. The van der Waals surface area contributed by atoms with Crippen molar-refractivity contribution in [1.29, 1.82) is 0 Å². The van der Waals surface area contributed by atoms with E-state index >= 15 is 0 Å². The monoisotopic (exact) mass is 370 g/mol. The molecule has 3 amide bonds. The maximum atomic E-state index is 12.4. The van der Waals surface area contributed by atoms with Crippen LogP contribution >= 0.6 is 0 Å². The Kier molecular flexibility index (Phi) is 7.84. The topological polar surface area (TPSA) is 93.7 Å². The van der Waals surface area contributed by atoms with Crippen LogP contribution in [0.4, 0.5) is 4.79 Å². The molecule has 27 heavy (non-hydrogen) atoms. The van der Waals surface area contributed by atoms with Crippen molar-refractivity contribution < 1.29 is 23.9 Å². The highest BCUT2D eigenvalue weighted by Gasteiger charge is 2.26. The first-order valence-electron chi connectivity index (χ1n) is 8.61. The minimum atomic E-state index is -1.22. The van der Waals surface area contributed by atoms with E-state index < -0.39 is 24.0 Å². The van der Waals surface area contributed by atoms with E-state index in [1.807, 2.05) is 18.2 Å². The number of urea groups is 1. The van der Waals surface area contributed by atoms with Gasteiger partial charge in [-0.1, -0.05) is 48.5 Å². The van der Waals surface area contributed by atoms with E-state index in [-0.39, 0.29) is 13.0 Å². The summed E-state index contributed by atoms with van der Waals surface area (Å²) >= 11 is 0. The van der Waals surface area contributed by atoms with Crippen LogP contribution in [0.5, 0.6) is 5.75 Å². The molecule has 0 fully saturated rings. The summed E-state index contributed by atoms with van der Waals surface area (Å²) < 4.78 is 10.8. The minimum absolute atomic E-state index is 0.0351. The average molecular weight is 370 g/mol. The van der Waals surface area contributed by atoms with E-state index in [4.69, 9.17) is 9.47 Å². The Hall–Kier alpha value is -3.35. The number of esters is 1.